The molecule has 5 aromatic rings. The summed E-state index contributed by atoms with van der Waals surface area (Å²) in [5.41, 5.74) is 5.02. The lowest BCUT2D eigenvalue weighted by atomic mass is 9.93. The first-order valence-corrected chi connectivity index (χ1v) is 21.4. The number of amides is 4. The second-order valence-corrected chi connectivity index (χ2v) is 18.1. The predicted molar refractivity (Wildman–Crippen MR) is 239 cm³/mol. The van der Waals surface area contributed by atoms with E-state index in [2.05, 4.69) is 52.2 Å². The number of hydrogen-bond donors (Lipinski definition) is 4. The average molecular weight is 849 g/mol. The number of alkyl carbamates (subject to hydrolysis) is 2. The molecule has 14 nitrogen and oxygen atoms in total. The van der Waals surface area contributed by atoms with E-state index in [1.54, 1.807) is 4.90 Å². The molecule has 0 bridgehead atoms. The van der Waals surface area contributed by atoms with E-state index in [1.165, 1.54) is 14.2 Å². The van der Waals surface area contributed by atoms with E-state index in [0.29, 0.717) is 18.1 Å². The standard InChI is InChI=1S/C49H52N8O6/c1-10-48-22-35(56(36(48)23-48)44(58)38(25(3)4)54-46(60)62-8)42-51-33-19-16-30-20-28(14-17-31(30)40(33)53-42)12-13-29-15-18-32-34(21-29)52-43(50-32)41-27(7)49(11-2)24-37(49)57(41)45(59)39(26(5)6)55-47(61)63-9/h10-11,14-21,25-26,35-39,41H,1-2,7,22-24H2,3-6,8-9H3,(H,50,52)(H,51,53)(H,54,60)(H,55,61)/t35-,36?,37?,38-,39-,41-,48-,49+/m0/s1. The van der Waals surface area contributed by atoms with E-state index in [0.717, 1.165) is 62.4 Å². The van der Waals surface area contributed by atoms with Gasteiger partial charge >= 0.3 is 12.2 Å². The van der Waals surface area contributed by atoms with Gasteiger partial charge in [-0.25, -0.2) is 19.6 Å². The molecule has 2 aliphatic heterocycles. The summed E-state index contributed by atoms with van der Waals surface area (Å²) in [7, 11) is 2.57. The number of imidazole rings is 2. The molecule has 8 atom stereocenters. The van der Waals surface area contributed by atoms with Crippen LogP contribution in [-0.2, 0) is 19.1 Å². The Morgan fingerprint density at radius 3 is 2.03 bits per heavy atom. The van der Waals surface area contributed by atoms with Crippen molar-refractivity contribution in [1.29, 1.82) is 0 Å². The van der Waals surface area contributed by atoms with Crippen LogP contribution in [-0.4, -0.2) is 92.1 Å². The quantitative estimate of drug-likeness (QED) is 0.0834. The van der Waals surface area contributed by atoms with Crippen LogP contribution in [0.5, 0.6) is 0 Å². The van der Waals surface area contributed by atoms with Gasteiger partial charge in [0.25, 0.3) is 0 Å². The minimum atomic E-state index is -0.795. The van der Waals surface area contributed by atoms with E-state index in [4.69, 9.17) is 19.4 Å². The second kappa shape index (κ2) is 15.2. The maximum absolute atomic E-state index is 14.2. The maximum atomic E-state index is 14.2. The molecule has 63 heavy (non-hydrogen) atoms. The third kappa shape index (κ3) is 6.72. The van der Waals surface area contributed by atoms with E-state index < -0.39 is 35.7 Å². The molecule has 14 heteroatoms. The number of nitrogens with zero attached hydrogens (tertiary/aromatic N) is 4. The number of fused-ring (bicyclic) bond motifs is 6. The Labute approximate surface area is 365 Å². The van der Waals surface area contributed by atoms with E-state index in [9.17, 15) is 19.2 Å². The number of benzene rings is 3. The lowest BCUT2D eigenvalue weighted by molar-refractivity contribution is -0.137. The van der Waals surface area contributed by atoms with Crippen molar-refractivity contribution in [2.75, 3.05) is 14.2 Å². The van der Waals surface area contributed by atoms with Crippen LogP contribution in [0.4, 0.5) is 9.59 Å². The molecular formula is C49H52N8O6. The average Bonchev–Trinajstić information content (AvgIpc) is 3.91. The normalized spacial score (nSPS) is 25.3. The SMILES string of the molecule is C=C[C@]12CC1N(C(=O)[C@@H](NC(=O)OC)C(C)C)[C@H](c1nc3ccc4cc(C#Cc5ccc6nc([C@@H]7C(=C)[C@@]8(C=C)CC8N7C(=O)[C@@H](NC(=O)OC)C(C)C)[nH]c6c5)ccc4c3[nH]1)C2. The smallest absolute Gasteiger partial charge is 0.407 e. The van der Waals surface area contributed by atoms with Crippen molar-refractivity contribution < 1.29 is 28.7 Å². The highest BCUT2D eigenvalue weighted by molar-refractivity contribution is 6.04. The number of rotatable bonds is 10. The molecule has 4 N–H and O–H groups in total. The zero-order valence-electron chi connectivity index (χ0n) is 36.4. The molecule has 2 aromatic heterocycles. The highest BCUT2D eigenvalue weighted by Gasteiger charge is 2.68. The van der Waals surface area contributed by atoms with Gasteiger partial charge in [-0.3, -0.25) is 9.59 Å². The van der Waals surface area contributed by atoms with Crippen LogP contribution in [0.25, 0.3) is 32.8 Å². The van der Waals surface area contributed by atoms with Gasteiger partial charge in [0.2, 0.25) is 11.8 Å². The van der Waals surface area contributed by atoms with Crippen molar-refractivity contribution >= 4 is 56.8 Å². The number of ether oxygens (including phenoxy) is 2. The fraction of sp³-hybridized carbons (Fsp3) is 0.388. The molecule has 2 unspecified atom stereocenters. The molecule has 2 saturated heterocycles. The van der Waals surface area contributed by atoms with Gasteiger partial charge in [0, 0.05) is 39.4 Å². The minimum Gasteiger partial charge on any atom is -0.453 e. The Balaban J connectivity index is 0.971. The maximum Gasteiger partial charge on any atom is 0.407 e. The Kier molecular flexibility index (Phi) is 9.99. The fourth-order valence-electron chi connectivity index (χ4n) is 10.1. The largest absolute Gasteiger partial charge is 0.453 e. The first-order chi connectivity index (χ1) is 30.2. The summed E-state index contributed by atoms with van der Waals surface area (Å²) >= 11 is 0. The summed E-state index contributed by atoms with van der Waals surface area (Å²) in [5.74, 6) is 7.20. The van der Waals surface area contributed by atoms with Gasteiger partial charge < -0.3 is 39.9 Å². The zero-order valence-corrected chi connectivity index (χ0v) is 36.4. The Hall–Kier alpha value is -6.88. The third-order valence-corrected chi connectivity index (χ3v) is 13.8. The molecule has 4 fully saturated rings. The van der Waals surface area contributed by atoms with Crippen LogP contribution < -0.4 is 10.6 Å². The highest BCUT2D eigenvalue weighted by atomic mass is 16.5. The summed E-state index contributed by atoms with van der Waals surface area (Å²) in [5, 5.41) is 7.44. The number of carbonyl (C=O) groups is 4. The van der Waals surface area contributed by atoms with Crippen molar-refractivity contribution in [3.05, 3.63) is 109 Å². The third-order valence-electron chi connectivity index (χ3n) is 13.8. The molecular weight excluding hydrogens is 797 g/mol. The number of aromatic amines is 2. The van der Waals surface area contributed by atoms with Gasteiger partial charge in [0.15, 0.2) is 0 Å². The van der Waals surface area contributed by atoms with Gasteiger partial charge in [0.1, 0.15) is 29.8 Å². The first-order valence-electron chi connectivity index (χ1n) is 21.4. The molecule has 2 saturated carbocycles. The number of carbonyl (C=O) groups excluding carboxylic acids is 4. The molecule has 0 spiro atoms. The molecule has 4 aliphatic rings. The summed E-state index contributed by atoms with van der Waals surface area (Å²) in [6.45, 7) is 20.2. The lowest BCUT2D eigenvalue weighted by Gasteiger charge is -2.32. The van der Waals surface area contributed by atoms with Crippen LogP contribution in [0.1, 0.15) is 81.8 Å². The Morgan fingerprint density at radius 2 is 1.40 bits per heavy atom. The fourth-order valence-corrected chi connectivity index (χ4v) is 10.1. The number of nitrogens with one attached hydrogen (secondary N) is 4. The van der Waals surface area contributed by atoms with Crippen molar-refractivity contribution in [3.63, 3.8) is 0 Å². The van der Waals surface area contributed by atoms with Gasteiger partial charge in [0.05, 0.1) is 42.3 Å². The molecule has 324 valence electrons. The topological polar surface area (TPSA) is 175 Å². The van der Waals surface area contributed by atoms with Crippen molar-refractivity contribution in [3.8, 4) is 11.8 Å². The Bertz CT molecular complexity index is 2850. The summed E-state index contributed by atoms with van der Waals surface area (Å²) in [6, 6.07) is 13.3. The molecule has 3 aromatic carbocycles. The molecule has 9 rings (SSSR count). The molecule has 4 amide bonds. The first kappa shape index (κ1) is 41.5. The minimum absolute atomic E-state index is 0.0140. The van der Waals surface area contributed by atoms with Crippen LogP contribution in [0, 0.1) is 34.5 Å². The van der Waals surface area contributed by atoms with Gasteiger partial charge in [-0.1, -0.05) is 70.4 Å². The van der Waals surface area contributed by atoms with Crippen molar-refractivity contribution in [2.45, 2.75) is 83.2 Å². The van der Waals surface area contributed by atoms with Crippen LogP contribution in [0.3, 0.4) is 0 Å². The van der Waals surface area contributed by atoms with E-state index >= 15 is 0 Å². The zero-order chi connectivity index (χ0) is 44.7. The highest BCUT2D eigenvalue weighted by Crippen LogP contribution is 2.67. The number of piperidine rings is 2. The van der Waals surface area contributed by atoms with Crippen molar-refractivity contribution in [2.24, 2.45) is 22.7 Å². The van der Waals surface area contributed by atoms with Gasteiger partial charge in [-0.05, 0) is 78.5 Å². The monoisotopic (exact) mass is 848 g/mol. The van der Waals surface area contributed by atoms with Gasteiger partial charge in [-0.2, -0.15) is 0 Å². The summed E-state index contributed by atoms with van der Waals surface area (Å²) < 4.78 is 9.67. The molecule has 4 heterocycles. The van der Waals surface area contributed by atoms with Crippen LogP contribution in [0.15, 0.2) is 86.0 Å². The molecule has 2 aliphatic carbocycles. The van der Waals surface area contributed by atoms with Crippen molar-refractivity contribution in [1.82, 2.24) is 40.4 Å². The van der Waals surface area contributed by atoms with Crippen LogP contribution in [0.2, 0.25) is 0 Å². The Morgan fingerprint density at radius 1 is 0.778 bits per heavy atom. The number of methoxy groups -OCH3 is 2. The summed E-state index contributed by atoms with van der Waals surface area (Å²) in [4.78, 5) is 73.4. The number of H-pyrrole nitrogens is 2. The second-order valence-electron chi connectivity index (χ2n) is 18.1. The van der Waals surface area contributed by atoms with Crippen LogP contribution >= 0.6 is 0 Å². The van der Waals surface area contributed by atoms with E-state index in [-0.39, 0.29) is 47.2 Å². The van der Waals surface area contributed by atoms with E-state index in [1.807, 2.05) is 93.3 Å². The summed E-state index contributed by atoms with van der Waals surface area (Å²) in [6.07, 6.45) is 4.78. The number of hydrogen-bond acceptors (Lipinski definition) is 8. The number of aromatic nitrogens is 4. The van der Waals surface area contributed by atoms with Gasteiger partial charge in [-0.15, -0.1) is 13.2 Å². The molecule has 0 radical (unpaired) electrons. The number of likely N-dealkylation sites (tertiary alicyclic amines) is 2. The lowest BCUT2D eigenvalue weighted by Crippen LogP contribution is -2.52. The predicted octanol–water partition coefficient (Wildman–Crippen LogP) is 7.36.